The minimum atomic E-state index is -1.33. The zero-order chi connectivity index (χ0) is 20.1. The Hall–Kier alpha value is -2.97. The number of amides is 1. The molecule has 0 aliphatic carbocycles. The van der Waals surface area contributed by atoms with Crippen LogP contribution in [0.25, 0.3) is 0 Å². The van der Waals surface area contributed by atoms with Gasteiger partial charge >= 0.3 is 18.0 Å². The van der Waals surface area contributed by atoms with Crippen molar-refractivity contribution in [2.24, 2.45) is 5.92 Å². The molecule has 3 aliphatic heterocycles. The third kappa shape index (κ3) is 2.90. The van der Waals surface area contributed by atoms with Gasteiger partial charge < -0.3 is 29.0 Å². The van der Waals surface area contributed by atoms with E-state index in [2.05, 4.69) is 0 Å². The quantitative estimate of drug-likeness (QED) is 0.601. The van der Waals surface area contributed by atoms with Gasteiger partial charge in [0, 0.05) is 32.4 Å². The van der Waals surface area contributed by atoms with E-state index in [4.69, 9.17) is 18.9 Å². The van der Waals surface area contributed by atoms with Crippen molar-refractivity contribution >= 4 is 18.0 Å². The number of hydrogen-bond acceptors (Lipinski definition) is 7. The van der Waals surface area contributed by atoms with Crippen molar-refractivity contribution in [1.29, 1.82) is 0 Å². The summed E-state index contributed by atoms with van der Waals surface area (Å²) in [6, 6.07) is 5.26. The number of benzene rings is 1. The van der Waals surface area contributed by atoms with Gasteiger partial charge in [0.15, 0.2) is 17.4 Å². The number of hydrogen-bond donors (Lipinski definition) is 1. The smallest absolute Gasteiger partial charge is 0.407 e. The Morgan fingerprint density at radius 1 is 1.07 bits per heavy atom. The van der Waals surface area contributed by atoms with Crippen LogP contribution >= 0.6 is 0 Å². The number of fused-ring (bicyclic) bond motifs is 1. The predicted molar refractivity (Wildman–Crippen MR) is 92.8 cm³/mol. The number of esters is 2. The van der Waals surface area contributed by atoms with Crippen molar-refractivity contribution in [3.05, 3.63) is 23.8 Å². The van der Waals surface area contributed by atoms with Crippen LogP contribution < -0.4 is 9.47 Å². The standard InChI is InChI=1S/C19H21NO8/c1-18(2)27-15(21)14(16(22)28-18)19(5-7-20(8-6-19)17(23)24)11-3-4-12-13(9-11)26-10-25-12/h3-4,9,14H,5-8,10H2,1-2H3,(H,23,24). The van der Waals surface area contributed by atoms with E-state index in [0.29, 0.717) is 17.1 Å². The molecule has 9 nitrogen and oxygen atoms in total. The van der Waals surface area contributed by atoms with Crippen LogP contribution in [0.15, 0.2) is 18.2 Å². The second kappa shape index (κ2) is 6.29. The summed E-state index contributed by atoms with van der Waals surface area (Å²) in [5, 5.41) is 9.29. The first-order valence-corrected chi connectivity index (χ1v) is 9.06. The number of carbonyl (C=O) groups excluding carboxylic acids is 2. The van der Waals surface area contributed by atoms with E-state index < -0.39 is 35.2 Å². The predicted octanol–water partition coefficient (Wildman–Crippen LogP) is 1.88. The summed E-state index contributed by atoms with van der Waals surface area (Å²) in [5.41, 5.74) is -0.266. The summed E-state index contributed by atoms with van der Waals surface area (Å²) in [6.07, 6.45) is -0.489. The summed E-state index contributed by atoms with van der Waals surface area (Å²) in [4.78, 5) is 38.3. The fourth-order valence-corrected chi connectivity index (χ4v) is 4.22. The van der Waals surface area contributed by atoms with Gasteiger partial charge in [-0.05, 0) is 30.5 Å². The van der Waals surface area contributed by atoms with E-state index in [0.717, 1.165) is 0 Å². The fourth-order valence-electron chi connectivity index (χ4n) is 4.22. The van der Waals surface area contributed by atoms with Crippen LogP contribution in [0.2, 0.25) is 0 Å². The number of ether oxygens (including phenoxy) is 4. The van der Waals surface area contributed by atoms with Gasteiger partial charge in [0.1, 0.15) is 0 Å². The lowest BCUT2D eigenvalue weighted by Gasteiger charge is -2.47. The van der Waals surface area contributed by atoms with Gasteiger partial charge in [-0.15, -0.1) is 0 Å². The highest BCUT2D eigenvalue weighted by atomic mass is 16.7. The third-order valence-electron chi connectivity index (χ3n) is 5.59. The SMILES string of the molecule is CC1(C)OC(=O)C(C2(c3ccc4c(c3)OCO4)CCN(C(=O)O)CC2)C(=O)O1. The van der Waals surface area contributed by atoms with Gasteiger partial charge in [0.2, 0.25) is 6.79 Å². The van der Waals surface area contributed by atoms with Crippen LogP contribution in [-0.2, 0) is 24.5 Å². The van der Waals surface area contributed by atoms with Crippen LogP contribution in [0.3, 0.4) is 0 Å². The first-order valence-electron chi connectivity index (χ1n) is 9.06. The topological polar surface area (TPSA) is 112 Å². The van der Waals surface area contributed by atoms with Crippen molar-refractivity contribution in [3.63, 3.8) is 0 Å². The highest BCUT2D eigenvalue weighted by molar-refractivity contribution is 5.98. The fraction of sp³-hybridized carbons (Fsp3) is 0.526. The van der Waals surface area contributed by atoms with Gasteiger partial charge in [-0.25, -0.2) is 4.79 Å². The molecule has 0 aromatic heterocycles. The average molecular weight is 391 g/mol. The van der Waals surface area contributed by atoms with Gasteiger partial charge in [0.25, 0.3) is 5.79 Å². The molecule has 1 aromatic rings. The average Bonchev–Trinajstić information content (AvgIpc) is 3.08. The van der Waals surface area contributed by atoms with Crippen LogP contribution in [0.1, 0.15) is 32.3 Å². The van der Waals surface area contributed by atoms with Gasteiger partial charge in [0.05, 0.1) is 0 Å². The molecular weight excluding hydrogens is 370 g/mol. The second-order valence-corrected chi connectivity index (χ2v) is 7.67. The maximum Gasteiger partial charge on any atom is 0.407 e. The van der Waals surface area contributed by atoms with E-state index in [9.17, 15) is 19.5 Å². The first kappa shape index (κ1) is 18.4. The molecule has 0 atom stereocenters. The molecule has 150 valence electrons. The summed E-state index contributed by atoms with van der Waals surface area (Å²) in [7, 11) is 0. The molecule has 9 heteroatoms. The summed E-state index contributed by atoms with van der Waals surface area (Å²) in [6.45, 7) is 3.47. The van der Waals surface area contributed by atoms with Crippen molar-refractivity contribution in [1.82, 2.24) is 4.90 Å². The normalized spacial score (nSPS) is 23.1. The Bertz CT molecular complexity index is 820. The second-order valence-electron chi connectivity index (χ2n) is 7.67. The summed E-state index contributed by atoms with van der Waals surface area (Å²) >= 11 is 0. The number of carboxylic acid groups (broad SMARTS) is 1. The van der Waals surface area contributed by atoms with E-state index in [-0.39, 0.29) is 32.7 Å². The molecule has 0 saturated carbocycles. The van der Waals surface area contributed by atoms with Gasteiger partial charge in [-0.3, -0.25) is 9.59 Å². The van der Waals surface area contributed by atoms with Crippen LogP contribution in [0.4, 0.5) is 4.79 Å². The molecule has 1 amide bonds. The molecule has 3 aliphatic rings. The molecule has 1 aromatic carbocycles. The van der Waals surface area contributed by atoms with E-state index >= 15 is 0 Å². The number of cyclic esters (lactones) is 2. The molecule has 0 bridgehead atoms. The molecule has 2 fully saturated rings. The third-order valence-corrected chi connectivity index (χ3v) is 5.59. The molecule has 0 spiro atoms. The Kier molecular flexibility index (Phi) is 4.13. The van der Waals surface area contributed by atoms with Crippen LogP contribution in [0, 0.1) is 5.92 Å². The number of piperidine rings is 1. The highest BCUT2D eigenvalue weighted by Gasteiger charge is 2.56. The van der Waals surface area contributed by atoms with Crippen LogP contribution in [-0.4, -0.2) is 53.7 Å². The number of likely N-dealkylation sites (tertiary alicyclic amines) is 1. The van der Waals surface area contributed by atoms with E-state index in [1.54, 1.807) is 18.2 Å². The van der Waals surface area contributed by atoms with Gasteiger partial charge in [-0.1, -0.05) is 6.07 Å². The van der Waals surface area contributed by atoms with Crippen molar-refractivity contribution < 1.29 is 38.4 Å². The van der Waals surface area contributed by atoms with Crippen molar-refractivity contribution in [2.75, 3.05) is 19.9 Å². The lowest BCUT2D eigenvalue weighted by atomic mass is 9.64. The maximum absolute atomic E-state index is 12.8. The number of nitrogens with zero attached hydrogens (tertiary/aromatic N) is 1. The van der Waals surface area contributed by atoms with Crippen molar-refractivity contribution in [2.45, 2.75) is 37.9 Å². The highest BCUT2D eigenvalue weighted by Crippen LogP contribution is 2.48. The zero-order valence-corrected chi connectivity index (χ0v) is 15.6. The maximum atomic E-state index is 12.8. The molecule has 2 saturated heterocycles. The largest absolute Gasteiger partial charge is 0.465 e. The molecule has 0 radical (unpaired) electrons. The lowest BCUT2D eigenvalue weighted by Crippen LogP contribution is -2.58. The van der Waals surface area contributed by atoms with E-state index in [1.165, 1.54) is 18.7 Å². The molecule has 0 unspecified atom stereocenters. The zero-order valence-electron chi connectivity index (χ0n) is 15.6. The molecule has 28 heavy (non-hydrogen) atoms. The lowest BCUT2D eigenvalue weighted by molar-refractivity contribution is -0.244. The number of carbonyl (C=O) groups is 3. The van der Waals surface area contributed by atoms with Crippen LogP contribution in [0.5, 0.6) is 11.5 Å². The molecular formula is C19H21NO8. The van der Waals surface area contributed by atoms with E-state index in [1.807, 2.05) is 0 Å². The Morgan fingerprint density at radius 3 is 2.29 bits per heavy atom. The Labute approximate surface area is 161 Å². The minimum absolute atomic E-state index is 0.0975. The monoisotopic (exact) mass is 391 g/mol. The molecule has 1 N–H and O–H groups in total. The first-order chi connectivity index (χ1) is 13.2. The van der Waals surface area contributed by atoms with Crippen molar-refractivity contribution in [3.8, 4) is 11.5 Å². The molecule has 4 rings (SSSR count). The molecule has 3 heterocycles. The summed E-state index contributed by atoms with van der Waals surface area (Å²) < 4.78 is 21.5. The number of rotatable bonds is 2. The Balaban J connectivity index is 1.76. The summed E-state index contributed by atoms with van der Waals surface area (Å²) in [5.74, 6) is -2.74. The van der Waals surface area contributed by atoms with Gasteiger partial charge in [-0.2, -0.15) is 0 Å². The minimum Gasteiger partial charge on any atom is -0.465 e. The Morgan fingerprint density at radius 2 is 1.68 bits per heavy atom.